The highest BCUT2D eigenvalue weighted by molar-refractivity contribution is 7.47. The molecule has 0 aliphatic rings. The van der Waals surface area contributed by atoms with Crippen LogP contribution in [0.15, 0.2) is 0 Å². The standard InChI is InChI=1S/C61H122NO8P/c1-6-8-10-12-14-16-18-20-22-24-26-28-30-31-32-34-36-38-40-42-44-46-48-50-52-54-61(64)70-59(58-69-71(65,66)68-56-55-62(3,4)5)57-67-60(63)53-51-49-47-45-43-41-39-37-35-33-29-27-25-23-21-19-17-15-13-11-9-7-2/h59H,6-58H2,1-5H3/p+1. The Labute approximate surface area is 442 Å². The summed E-state index contributed by atoms with van der Waals surface area (Å²) in [6.07, 6.45) is 61.8. The van der Waals surface area contributed by atoms with Crippen LogP contribution in [0.5, 0.6) is 0 Å². The van der Waals surface area contributed by atoms with Gasteiger partial charge in [-0.2, -0.15) is 0 Å². The minimum Gasteiger partial charge on any atom is -0.462 e. The van der Waals surface area contributed by atoms with Crippen LogP contribution < -0.4 is 0 Å². The van der Waals surface area contributed by atoms with Gasteiger partial charge in [-0.05, 0) is 12.8 Å². The molecule has 0 fully saturated rings. The van der Waals surface area contributed by atoms with E-state index in [2.05, 4.69) is 13.8 Å². The SMILES string of the molecule is CCCCCCCCCCCCCCCCCCCCCCCCCCCC(=O)OC(COC(=O)CCCCCCCCCCCCCCCCCCCCCCCC)COP(=O)(O)OCC[N+](C)(C)C. The van der Waals surface area contributed by atoms with Crippen LogP contribution in [0.4, 0.5) is 0 Å². The van der Waals surface area contributed by atoms with E-state index < -0.39 is 26.5 Å². The molecule has 0 saturated heterocycles. The normalized spacial score (nSPS) is 13.2. The van der Waals surface area contributed by atoms with Crippen molar-refractivity contribution in [1.29, 1.82) is 0 Å². The Bertz CT molecular complexity index is 1160. The summed E-state index contributed by atoms with van der Waals surface area (Å²) < 4.78 is 34.7. The number of carbonyl (C=O) groups is 2. The summed E-state index contributed by atoms with van der Waals surface area (Å²) in [5.74, 6) is -0.771. The number of nitrogens with zero attached hydrogens (tertiary/aromatic N) is 1. The van der Waals surface area contributed by atoms with Crippen molar-refractivity contribution in [2.75, 3.05) is 47.5 Å². The maximum atomic E-state index is 12.8. The van der Waals surface area contributed by atoms with Gasteiger partial charge in [0.25, 0.3) is 0 Å². The van der Waals surface area contributed by atoms with E-state index >= 15 is 0 Å². The molecular weight excluding hydrogens is 906 g/mol. The smallest absolute Gasteiger partial charge is 0.462 e. The number of phosphoric ester groups is 1. The van der Waals surface area contributed by atoms with Crippen LogP contribution in [-0.2, 0) is 32.7 Å². The fourth-order valence-electron chi connectivity index (χ4n) is 9.55. The molecule has 0 bridgehead atoms. The third kappa shape index (κ3) is 58.1. The summed E-state index contributed by atoms with van der Waals surface area (Å²) in [5, 5.41) is 0. The molecule has 0 saturated carbocycles. The second-order valence-electron chi connectivity index (χ2n) is 22.8. The van der Waals surface area contributed by atoms with E-state index in [1.165, 1.54) is 263 Å². The van der Waals surface area contributed by atoms with Gasteiger partial charge in [-0.15, -0.1) is 0 Å². The topological polar surface area (TPSA) is 108 Å². The molecule has 0 aliphatic heterocycles. The molecule has 2 atom stereocenters. The van der Waals surface area contributed by atoms with Gasteiger partial charge in [0.15, 0.2) is 6.10 Å². The first-order valence-electron chi connectivity index (χ1n) is 31.3. The van der Waals surface area contributed by atoms with Crippen molar-refractivity contribution in [3.05, 3.63) is 0 Å². The first kappa shape index (κ1) is 70.0. The molecule has 0 amide bonds. The largest absolute Gasteiger partial charge is 0.472 e. The number of rotatable bonds is 59. The zero-order valence-corrected chi connectivity index (χ0v) is 49.1. The number of ether oxygens (including phenoxy) is 2. The highest BCUT2D eigenvalue weighted by Crippen LogP contribution is 2.43. The fraction of sp³-hybridized carbons (Fsp3) is 0.967. The Morgan fingerprint density at radius 1 is 0.380 bits per heavy atom. The van der Waals surface area contributed by atoms with E-state index in [1.54, 1.807) is 0 Å². The molecule has 0 aromatic carbocycles. The highest BCUT2D eigenvalue weighted by atomic mass is 31.2. The molecule has 0 aromatic heterocycles. The van der Waals surface area contributed by atoms with Gasteiger partial charge in [0, 0.05) is 12.8 Å². The average Bonchev–Trinajstić information content (AvgIpc) is 3.33. The van der Waals surface area contributed by atoms with E-state index in [1.807, 2.05) is 21.1 Å². The van der Waals surface area contributed by atoms with Crippen LogP contribution in [-0.4, -0.2) is 74.9 Å². The van der Waals surface area contributed by atoms with Crippen molar-refractivity contribution < 1.29 is 42.1 Å². The third-order valence-corrected chi connectivity index (χ3v) is 15.4. The molecule has 0 aliphatic carbocycles. The number of likely N-dealkylation sites (N-methyl/N-ethyl adjacent to an activating group) is 1. The molecule has 2 unspecified atom stereocenters. The van der Waals surface area contributed by atoms with Gasteiger partial charge in [-0.3, -0.25) is 18.6 Å². The summed E-state index contributed by atoms with van der Waals surface area (Å²) in [7, 11) is 1.50. The Morgan fingerprint density at radius 2 is 0.634 bits per heavy atom. The second kappa shape index (κ2) is 53.8. The Balaban J connectivity index is 4.06. The Morgan fingerprint density at radius 3 is 0.901 bits per heavy atom. The quantitative estimate of drug-likeness (QED) is 0.0278. The van der Waals surface area contributed by atoms with E-state index in [4.69, 9.17) is 18.5 Å². The number of carbonyl (C=O) groups excluding carboxylic acids is 2. The van der Waals surface area contributed by atoms with Gasteiger partial charge >= 0.3 is 19.8 Å². The molecule has 0 radical (unpaired) electrons. The number of esters is 2. The number of hydrogen-bond donors (Lipinski definition) is 1. The Kier molecular flexibility index (Phi) is 53.1. The van der Waals surface area contributed by atoms with Gasteiger partial charge in [0.1, 0.15) is 19.8 Å². The number of unbranched alkanes of at least 4 members (excludes halogenated alkanes) is 45. The monoisotopic (exact) mass is 1030 g/mol. The summed E-state index contributed by atoms with van der Waals surface area (Å²) in [6, 6.07) is 0. The van der Waals surface area contributed by atoms with E-state index in [0.717, 1.165) is 38.5 Å². The first-order chi connectivity index (χ1) is 34.5. The van der Waals surface area contributed by atoms with E-state index in [-0.39, 0.29) is 25.6 Å². The minimum absolute atomic E-state index is 0.0375. The fourth-order valence-corrected chi connectivity index (χ4v) is 10.3. The van der Waals surface area contributed by atoms with Crippen molar-refractivity contribution in [2.45, 2.75) is 335 Å². The average molecular weight is 1030 g/mol. The summed E-state index contributed by atoms with van der Waals surface area (Å²) >= 11 is 0. The van der Waals surface area contributed by atoms with Crippen LogP contribution in [0.1, 0.15) is 328 Å². The summed E-state index contributed by atoms with van der Waals surface area (Å²) in [5.41, 5.74) is 0. The summed E-state index contributed by atoms with van der Waals surface area (Å²) in [4.78, 5) is 35.7. The van der Waals surface area contributed by atoms with Gasteiger partial charge < -0.3 is 18.9 Å². The maximum absolute atomic E-state index is 12.8. The van der Waals surface area contributed by atoms with Crippen LogP contribution in [0, 0.1) is 0 Å². The van der Waals surface area contributed by atoms with Gasteiger partial charge in [-0.25, -0.2) is 4.57 Å². The van der Waals surface area contributed by atoms with Crippen molar-refractivity contribution in [3.8, 4) is 0 Å². The van der Waals surface area contributed by atoms with Crippen molar-refractivity contribution in [3.63, 3.8) is 0 Å². The third-order valence-electron chi connectivity index (χ3n) is 14.4. The van der Waals surface area contributed by atoms with E-state index in [9.17, 15) is 19.0 Å². The predicted molar refractivity (Wildman–Crippen MR) is 303 cm³/mol. The van der Waals surface area contributed by atoms with Gasteiger partial charge in [-0.1, -0.05) is 303 Å². The molecule has 424 valence electrons. The lowest BCUT2D eigenvalue weighted by molar-refractivity contribution is -0.870. The van der Waals surface area contributed by atoms with Crippen LogP contribution in [0.3, 0.4) is 0 Å². The number of phosphoric acid groups is 1. The lowest BCUT2D eigenvalue weighted by Crippen LogP contribution is -2.37. The predicted octanol–water partition coefficient (Wildman–Crippen LogP) is 19.4. The minimum atomic E-state index is -4.38. The lowest BCUT2D eigenvalue weighted by atomic mass is 10.0. The number of quaternary nitrogens is 1. The molecule has 0 rings (SSSR count). The molecule has 0 spiro atoms. The van der Waals surface area contributed by atoms with Crippen molar-refractivity contribution >= 4 is 19.8 Å². The Hall–Kier alpha value is -0.990. The van der Waals surface area contributed by atoms with Crippen molar-refractivity contribution in [1.82, 2.24) is 0 Å². The van der Waals surface area contributed by atoms with Gasteiger partial charge in [0.05, 0.1) is 27.7 Å². The van der Waals surface area contributed by atoms with Crippen LogP contribution in [0.2, 0.25) is 0 Å². The molecular formula is C61H123NO8P+. The van der Waals surface area contributed by atoms with Crippen molar-refractivity contribution in [2.24, 2.45) is 0 Å². The van der Waals surface area contributed by atoms with E-state index in [0.29, 0.717) is 17.4 Å². The summed E-state index contributed by atoms with van der Waals surface area (Å²) in [6.45, 7) is 4.52. The first-order valence-corrected chi connectivity index (χ1v) is 32.8. The molecule has 0 aromatic rings. The van der Waals surface area contributed by atoms with Crippen LogP contribution in [0.25, 0.3) is 0 Å². The number of hydrogen-bond acceptors (Lipinski definition) is 7. The highest BCUT2D eigenvalue weighted by Gasteiger charge is 2.27. The maximum Gasteiger partial charge on any atom is 0.472 e. The molecule has 1 N–H and O–H groups in total. The lowest BCUT2D eigenvalue weighted by Gasteiger charge is -2.24. The molecule has 71 heavy (non-hydrogen) atoms. The zero-order chi connectivity index (χ0) is 52.0. The molecule has 9 nitrogen and oxygen atoms in total. The molecule has 10 heteroatoms. The second-order valence-corrected chi connectivity index (χ2v) is 24.3. The van der Waals surface area contributed by atoms with Crippen LogP contribution >= 0.6 is 7.82 Å². The molecule has 0 heterocycles. The zero-order valence-electron chi connectivity index (χ0n) is 48.3. The van der Waals surface area contributed by atoms with Gasteiger partial charge in [0.2, 0.25) is 0 Å².